The number of halogens is 1. The van der Waals surface area contributed by atoms with E-state index < -0.39 is 0 Å². The summed E-state index contributed by atoms with van der Waals surface area (Å²) >= 11 is 7.41. The molecule has 1 aromatic carbocycles. The topological polar surface area (TPSA) is 60.9 Å². The van der Waals surface area contributed by atoms with Crippen molar-refractivity contribution in [1.29, 1.82) is 0 Å². The van der Waals surface area contributed by atoms with Crippen molar-refractivity contribution < 1.29 is 4.42 Å². The summed E-state index contributed by atoms with van der Waals surface area (Å²) in [5.41, 5.74) is 0.726. The molecule has 3 heterocycles. The second-order valence-corrected chi connectivity index (χ2v) is 6.34. The Morgan fingerprint density at radius 1 is 1.13 bits per heavy atom. The molecule has 0 radical (unpaired) electrons. The molecule has 0 aliphatic heterocycles. The van der Waals surface area contributed by atoms with Crippen LogP contribution in [-0.2, 0) is 6.54 Å². The van der Waals surface area contributed by atoms with Crippen molar-refractivity contribution in [2.45, 2.75) is 6.54 Å². The molecule has 3 aromatic heterocycles. The van der Waals surface area contributed by atoms with E-state index in [1.54, 1.807) is 34.2 Å². The minimum Gasteiger partial charge on any atom is -0.419 e. The van der Waals surface area contributed by atoms with Crippen molar-refractivity contribution >= 4 is 33.0 Å². The van der Waals surface area contributed by atoms with Crippen molar-refractivity contribution in [1.82, 2.24) is 14.8 Å². The third kappa shape index (κ3) is 2.67. The molecular weight excluding hydrogens is 334 g/mol. The van der Waals surface area contributed by atoms with E-state index in [-0.39, 0.29) is 12.1 Å². The van der Waals surface area contributed by atoms with E-state index in [4.69, 9.17) is 16.0 Å². The molecule has 0 atom stereocenters. The Morgan fingerprint density at radius 2 is 1.96 bits per heavy atom. The smallest absolute Gasteiger partial charge is 0.259 e. The summed E-state index contributed by atoms with van der Waals surface area (Å²) in [6.07, 6.45) is 1.74. The van der Waals surface area contributed by atoms with E-state index in [1.165, 1.54) is 0 Å². The number of rotatable bonds is 3. The lowest BCUT2D eigenvalue weighted by Gasteiger charge is -2.01. The van der Waals surface area contributed by atoms with E-state index in [2.05, 4.69) is 10.2 Å². The molecule has 7 heteroatoms. The van der Waals surface area contributed by atoms with Gasteiger partial charge in [0.15, 0.2) is 0 Å². The Morgan fingerprint density at radius 3 is 2.78 bits per heavy atom. The van der Waals surface area contributed by atoms with Crippen LogP contribution in [-0.4, -0.2) is 14.8 Å². The van der Waals surface area contributed by atoms with Crippen LogP contribution in [0.2, 0.25) is 5.02 Å². The fourth-order valence-electron chi connectivity index (χ4n) is 2.30. The van der Waals surface area contributed by atoms with Crippen LogP contribution < -0.4 is 5.56 Å². The summed E-state index contributed by atoms with van der Waals surface area (Å²) in [5, 5.41) is 11.3. The van der Waals surface area contributed by atoms with Gasteiger partial charge in [0.1, 0.15) is 6.54 Å². The van der Waals surface area contributed by atoms with Crippen molar-refractivity contribution in [3.63, 3.8) is 0 Å². The van der Waals surface area contributed by atoms with E-state index >= 15 is 0 Å². The van der Waals surface area contributed by atoms with Gasteiger partial charge in [-0.05, 0) is 41.8 Å². The Balaban J connectivity index is 1.65. The predicted octanol–water partition coefficient (Wildman–Crippen LogP) is 3.81. The summed E-state index contributed by atoms with van der Waals surface area (Å²) in [6.45, 7) is 0.241. The average molecular weight is 344 g/mol. The van der Waals surface area contributed by atoms with Gasteiger partial charge < -0.3 is 8.98 Å². The monoisotopic (exact) mass is 343 g/mol. The van der Waals surface area contributed by atoms with Crippen LogP contribution in [0.15, 0.2) is 57.2 Å². The fraction of sp³-hybridized carbons (Fsp3) is 0.0625. The molecule has 4 aromatic rings. The fourth-order valence-corrected chi connectivity index (χ4v) is 3.20. The van der Waals surface area contributed by atoms with Gasteiger partial charge in [-0.3, -0.25) is 4.79 Å². The highest BCUT2D eigenvalue weighted by Crippen LogP contribution is 2.21. The molecule has 114 valence electrons. The second kappa shape index (κ2) is 5.64. The quantitative estimate of drug-likeness (QED) is 0.567. The van der Waals surface area contributed by atoms with Crippen molar-refractivity contribution in [2.24, 2.45) is 0 Å². The van der Waals surface area contributed by atoms with Gasteiger partial charge in [0.05, 0.1) is 5.39 Å². The van der Waals surface area contributed by atoms with Gasteiger partial charge in [-0.25, -0.2) is 0 Å². The Kier molecular flexibility index (Phi) is 3.48. The number of hydrogen-bond donors (Lipinski definition) is 0. The molecule has 0 amide bonds. The molecule has 0 N–H and O–H groups in total. The zero-order valence-corrected chi connectivity index (χ0v) is 13.3. The van der Waals surface area contributed by atoms with Crippen LogP contribution in [0.5, 0.6) is 0 Å². The molecule has 4 rings (SSSR count). The Bertz CT molecular complexity index is 1030. The minimum absolute atomic E-state index is 0.0602. The first-order valence-electron chi connectivity index (χ1n) is 6.86. The van der Waals surface area contributed by atoms with Crippen LogP contribution >= 0.6 is 22.9 Å². The zero-order valence-electron chi connectivity index (χ0n) is 11.8. The maximum atomic E-state index is 12.4. The maximum absolute atomic E-state index is 12.4. The predicted molar refractivity (Wildman–Crippen MR) is 89.9 cm³/mol. The maximum Gasteiger partial charge on any atom is 0.259 e. The van der Waals surface area contributed by atoms with Gasteiger partial charge in [0.2, 0.25) is 11.8 Å². The van der Waals surface area contributed by atoms with Crippen LogP contribution in [0.4, 0.5) is 0 Å². The van der Waals surface area contributed by atoms with Crippen molar-refractivity contribution in [3.05, 3.63) is 69.2 Å². The SMILES string of the molecule is O=c1c2ccsc2ccn1Cc1nnc(-c2ccc(Cl)cc2)o1. The number of thiophene rings is 1. The van der Waals surface area contributed by atoms with Gasteiger partial charge >= 0.3 is 0 Å². The summed E-state index contributed by atoms with van der Waals surface area (Å²) in [7, 11) is 0. The average Bonchev–Trinajstić information content (AvgIpc) is 3.20. The molecule has 0 fully saturated rings. The number of aromatic nitrogens is 3. The van der Waals surface area contributed by atoms with E-state index in [9.17, 15) is 4.79 Å². The largest absolute Gasteiger partial charge is 0.419 e. The van der Waals surface area contributed by atoms with Crippen LogP contribution in [0.1, 0.15) is 5.89 Å². The Hall–Kier alpha value is -2.44. The van der Waals surface area contributed by atoms with Gasteiger partial charge in [-0.1, -0.05) is 11.6 Å². The molecule has 0 aliphatic rings. The van der Waals surface area contributed by atoms with Crippen molar-refractivity contribution in [3.8, 4) is 11.5 Å². The molecule has 0 spiro atoms. The van der Waals surface area contributed by atoms with Crippen LogP contribution in [0, 0.1) is 0 Å². The number of nitrogens with zero attached hydrogens (tertiary/aromatic N) is 3. The van der Waals surface area contributed by atoms with Gasteiger partial charge in [-0.15, -0.1) is 21.5 Å². The highest BCUT2D eigenvalue weighted by atomic mass is 35.5. The summed E-state index contributed by atoms with van der Waals surface area (Å²) in [4.78, 5) is 12.4. The second-order valence-electron chi connectivity index (χ2n) is 4.96. The van der Waals surface area contributed by atoms with Crippen LogP contribution in [0.25, 0.3) is 21.5 Å². The van der Waals surface area contributed by atoms with Crippen molar-refractivity contribution in [2.75, 3.05) is 0 Å². The summed E-state index contributed by atoms with van der Waals surface area (Å²) in [6, 6.07) is 10.9. The molecule has 5 nitrogen and oxygen atoms in total. The molecule has 0 saturated carbocycles. The third-order valence-corrected chi connectivity index (χ3v) is 4.59. The summed E-state index contributed by atoms with van der Waals surface area (Å²) < 4.78 is 8.17. The van der Waals surface area contributed by atoms with Gasteiger partial charge in [-0.2, -0.15) is 0 Å². The highest BCUT2D eigenvalue weighted by Gasteiger charge is 2.11. The number of fused-ring (bicyclic) bond motifs is 1. The zero-order chi connectivity index (χ0) is 15.8. The molecule has 0 aliphatic carbocycles. The van der Waals surface area contributed by atoms with Gasteiger partial charge in [0, 0.05) is 21.5 Å². The van der Waals surface area contributed by atoms with E-state index in [0.717, 1.165) is 10.3 Å². The summed E-state index contributed by atoms with van der Waals surface area (Å²) in [5.74, 6) is 0.785. The lowest BCUT2D eigenvalue weighted by molar-refractivity contribution is 0.485. The lowest BCUT2D eigenvalue weighted by Crippen LogP contribution is -2.19. The molecule has 0 saturated heterocycles. The number of pyridine rings is 1. The third-order valence-electron chi connectivity index (χ3n) is 3.46. The molecule has 0 bridgehead atoms. The first kappa shape index (κ1) is 14.2. The minimum atomic E-state index is -0.0602. The normalized spacial score (nSPS) is 11.2. The number of hydrogen-bond acceptors (Lipinski definition) is 5. The molecular formula is C16H10ClN3O2S. The van der Waals surface area contributed by atoms with Crippen LogP contribution in [0.3, 0.4) is 0 Å². The first-order chi connectivity index (χ1) is 11.2. The van der Waals surface area contributed by atoms with E-state index in [0.29, 0.717) is 22.2 Å². The lowest BCUT2D eigenvalue weighted by atomic mass is 10.2. The standard InChI is InChI=1S/C16H10ClN3O2S/c17-11-3-1-10(2-4-11)15-19-18-14(22-15)9-20-7-5-13-12(16(20)21)6-8-23-13/h1-8H,9H2. The first-order valence-corrected chi connectivity index (χ1v) is 8.11. The molecule has 23 heavy (non-hydrogen) atoms. The van der Waals surface area contributed by atoms with Gasteiger partial charge in [0.25, 0.3) is 5.56 Å². The Labute approximate surface area is 139 Å². The highest BCUT2D eigenvalue weighted by molar-refractivity contribution is 7.17. The number of benzene rings is 1. The molecule has 0 unspecified atom stereocenters. The van der Waals surface area contributed by atoms with E-state index in [1.807, 2.05) is 29.6 Å².